The van der Waals surface area contributed by atoms with Gasteiger partial charge in [0.2, 0.25) is 0 Å². The normalized spacial score (nSPS) is 12.2. The molecule has 0 amide bonds. The second-order valence-corrected chi connectivity index (χ2v) is 6.74. The molecule has 0 bridgehead atoms. The number of esters is 1. The summed E-state index contributed by atoms with van der Waals surface area (Å²) in [5.41, 5.74) is -0.488. The van der Waals surface area contributed by atoms with Crippen LogP contribution in [-0.2, 0) is 23.8 Å². The number of carbonyl (C=O) groups excluding carboxylic acids is 1. The Morgan fingerprint density at radius 1 is 1.14 bits per heavy atom. The largest absolute Gasteiger partial charge is 0.465 e. The first-order chi connectivity index (χ1) is 10.2. The molecule has 22 heavy (non-hydrogen) atoms. The quantitative estimate of drug-likeness (QED) is 0.518. The summed E-state index contributed by atoms with van der Waals surface area (Å²) in [6, 6.07) is 6.05. The molecule has 7 nitrogen and oxygen atoms in total. The fraction of sp³-hybridized carbons (Fsp3) is 0.500. The summed E-state index contributed by atoms with van der Waals surface area (Å²) >= 11 is 0. The van der Waals surface area contributed by atoms with Crippen molar-refractivity contribution >= 4 is 16.1 Å². The molecule has 8 heteroatoms. The smallest absolute Gasteiger partial charge is 0.302 e. The Morgan fingerprint density at radius 3 is 2.14 bits per heavy atom. The van der Waals surface area contributed by atoms with Crippen LogP contribution in [0.1, 0.15) is 12.5 Å². The molecular weight excluding hydrogens is 312 g/mol. The van der Waals surface area contributed by atoms with Crippen molar-refractivity contribution in [2.45, 2.75) is 18.7 Å². The van der Waals surface area contributed by atoms with E-state index in [1.807, 2.05) is 6.92 Å². The third kappa shape index (κ3) is 5.06. The van der Waals surface area contributed by atoms with Gasteiger partial charge in [-0.15, -0.1) is 0 Å². The Kier molecular flexibility index (Phi) is 6.48. The van der Waals surface area contributed by atoms with E-state index in [4.69, 9.17) is 8.92 Å². The topological polar surface area (TPSA) is 110 Å². The monoisotopic (exact) mass is 332 g/mol. The van der Waals surface area contributed by atoms with Gasteiger partial charge in [-0.3, -0.25) is 8.98 Å². The van der Waals surface area contributed by atoms with E-state index in [9.17, 15) is 23.4 Å². The number of aryl methyl sites for hydroxylation is 1. The lowest BCUT2D eigenvalue weighted by molar-refractivity contribution is -0.148. The van der Waals surface area contributed by atoms with Crippen LogP contribution in [-0.4, -0.2) is 51.0 Å². The average molecular weight is 332 g/mol. The first-order valence-corrected chi connectivity index (χ1v) is 7.97. The lowest BCUT2D eigenvalue weighted by Gasteiger charge is -2.28. The molecule has 0 spiro atoms. The van der Waals surface area contributed by atoms with Crippen molar-refractivity contribution in [1.29, 1.82) is 0 Å². The minimum absolute atomic E-state index is 0.0321. The fourth-order valence-corrected chi connectivity index (χ4v) is 2.52. The number of benzene rings is 1. The van der Waals surface area contributed by atoms with Crippen LogP contribution in [0.4, 0.5) is 0 Å². The summed E-state index contributed by atoms with van der Waals surface area (Å²) in [7, 11) is -4.03. The molecule has 0 radical (unpaired) electrons. The number of carbonyl (C=O) groups is 1. The zero-order chi connectivity index (χ0) is 16.8. The van der Waals surface area contributed by atoms with Crippen LogP contribution in [0, 0.1) is 12.3 Å². The number of hydrogen-bond acceptors (Lipinski definition) is 7. The van der Waals surface area contributed by atoms with Gasteiger partial charge in [-0.05, 0) is 19.1 Å². The van der Waals surface area contributed by atoms with E-state index in [-0.39, 0.29) is 11.5 Å². The van der Waals surface area contributed by atoms with Crippen molar-refractivity contribution in [3.63, 3.8) is 0 Å². The van der Waals surface area contributed by atoms with Crippen molar-refractivity contribution < 1.29 is 32.3 Å². The number of aliphatic hydroxyl groups excluding tert-OH is 2. The summed E-state index contributed by atoms with van der Waals surface area (Å²) in [5.74, 6) is -0.604. The van der Waals surface area contributed by atoms with Crippen molar-refractivity contribution in [1.82, 2.24) is 0 Å². The molecule has 0 aliphatic rings. The van der Waals surface area contributed by atoms with Gasteiger partial charge in [0, 0.05) is 6.92 Å². The minimum atomic E-state index is -4.03. The third-order valence-corrected chi connectivity index (χ3v) is 4.36. The van der Waals surface area contributed by atoms with Crippen molar-refractivity contribution in [2.75, 3.05) is 26.4 Å². The Bertz CT molecular complexity index is 588. The second-order valence-electron chi connectivity index (χ2n) is 5.13. The third-order valence-electron chi connectivity index (χ3n) is 3.08. The van der Waals surface area contributed by atoms with Gasteiger partial charge in [-0.25, -0.2) is 0 Å². The Hall–Kier alpha value is -1.48. The van der Waals surface area contributed by atoms with Crippen LogP contribution in [0.25, 0.3) is 0 Å². The van der Waals surface area contributed by atoms with Gasteiger partial charge in [-0.2, -0.15) is 8.42 Å². The fourth-order valence-electron chi connectivity index (χ4n) is 1.50. The summed E-state index contributed by atoms with van der Waals surface area (Å²) in [6.07, 6.45) is 0. The second kappa shape index (κ2) is 7.68. The molecule has 0 saturated carbocycles. The van der Waals surface area contributed by atoms with Crippen LogP contribution in [0.3, 0.4) is 0 Å². The van der Waals surface area contributed by atoms with Gasteiger partial charge < -0.3 is 14.9 Å². The number of hydrogen-bond donors (Lipinski definition) is 2. The number of ether oxygens (including phenoxy) is 1. The molecule has 0 heterocycles. The highest BCUT2D eigenvalue weighted by Gasteiger charge is 2.33. The summed E-state index contributed by atoms with van der Waals surface area (Å²) < 4.78 is 33.8. The molecule has 124 valence electrons. The van der Waals surface area contributed by atoms with Gasteiger partial charge >= 0.3 is 5.97 Å². The molecule has 0 unspecified atom stereocenters. The Morgan fingerprint density at radius 2 is 1.68 bits per heavy atom. The standard InChI is InChI=1S/C14H20O7S/c1-11-3-5-13(6-4-11)22(18,19)21-10-14(7-15,8-16)9-20-12(2)17/h3-6,15-16H,7-10H2,1-2H3. The first kappa shape index (κ1) is 18.6. The first-order valence-electron chi connectivity index (χ1n) is 6.56. The van der Waals surface area contributed by atoms with E-state index in [0.29, 0.717) is 0 Å². The zero-order valence-electron chi connectivity index (χ0n) is 12.5. The molecule has 0 aliphatic heterocycles. The molecular formula is C14H20O7S. The van der Waals surface area contributed by atoms with Crippen LogP contribution >= 0.6 is 0 Å². The SMILES string of the molecule is CC(=O)OCC(CO)(CO)COS(=O)(=O)c1ccc(C)cc1. The predicted molar refractivity (Wildman–Crippen MR) is 77.6 cm³/mol. The maximum atomic E-state index is 12.1. The molecule has 2 N–H and O–H groups in total. The van der Waals surface area contributed by atoms with E-state index >= 15 is 0 Å². The van der Waals surface area contributed by atoms with E-state index in [1.54, 1.807) is 12.1 Å². The highest BCUT2D eigenvalue weighted by Crippen LogP contribution is 2.21. The average Bonchev–Trinajstić information content (AvgIpc) is 2.48. The summed E-state index contributed by atoms with van der Waals surface area (Å²) in [4.78, 5) is 10.8. The highest BCUT2D eigenvalue weighted by atomic mass is 32.2. The van der Waals surface area contributed by atoms with Crippen molar-refractivity contribution in [2.24, 2.45) is 5.41 Å². The van der Waals surface area contributed by atoms with Crippen LogP contribution < -0.4 is 0 Å². The summed E-state index contributed by atoms with van der Waals surface area (Å²) in [5, 5.41) is 18.7. The zero-order valence-corrected chi connectivity index (χ0v) is 13.3. The van der Waals surface area contributed by atoms with Crippen LogP contribution in [0.15, 0.2) is 29.2 Å². The molecule has 0 fully saturated rings. The molecule has 0 saturated heterocycles. The van der Waals surface area contributed by atoms with E-state index in [2.05, 4.69) is 0 Å². The van der Waals surface area contributed by atoms with Gasteiger partial charge in [0.25, 0.3) is 10.1 Å². The van der Waals surface area contributed by atoms with E-state index < -0.39 is 41.3 Å². The van der Waals surface area contributed by atoms with Crippen molar-refractivity contribution in [3.8, 4) is 0 Å². The number of aliphatic hydroxyl groups is 2. The lowest BCUT2D eigenvalue weighted by Crippen LogP contribution is -2.41. The van der Waals surface area contributed by atoms with Gasteiger partial charge in [-0.1, -0.05) is 17.7 Å². The highest BCUT2D eigenvalue weighted by molar-refractivity contribution is 7.86. The summed E-state index contributed by atoms with van der Waals surface area (Å²) in [6.45, 7) is 0.935. The molecule has 1 rings (SSSR count). The molecule has 0 aromatic heterocycles. The van der Waals surface area contributed by atoms with Gasteiger partial charge in [0.15, 0.2) is 0 Å². The maximum absolute atomic E-state index is 12.1. The Balaban J connectivity index is 2.82. The van der Waals surface area contributed by atoms with Gasteiger partial charge in [0.05, 0.1) is 30.1 Å². The van der Waals surface area contributed by atoms with Crippen molar-refractivity contribution in [3.05, 3.63) is 29.8 Å². The number of rotatable bonds is 8. The molecule has 1 aromatic rings. The Labute approximate surface area is 129 Å². The molecule has 0 atom stereocenters. The van der Waals surface area contributed by atoms with Gasteiger partial charge in [0.1, 0.15) is 6.61 Å². The minimum Gasteiger partial charge on any atom is -0.465 e. The van der Waals surface area contributed by atoms with E-state index in [1.165, 1.54) is 19.1 Å². The lowest BCUT2D eigenvalue weighted by atomic mass is 9.93. The van der Waals surface area contributed by atoms with Crippen LogP contribution in [0.2, 0.25) is 0 Å². The maximum Gasteiger partial charge on any atom is 0.302 e. The van der Waals surface area contributed by atoms with Crippen LogP contribution in [0.5, 0.6) is 0 Å². The molecule has 0 aliphatic carbocycles. The van der Waals surface area contributed by atoms with E-state index in [0.717, 1.165) is 5.56 Å². The molecule has 1 aromatic carbocycles. The predicted octanol–water partition coefficient (Wildman–Crippen LogP) is 0.234.